The van der Waals surface area contributed by atoms with Crippen molar-refractivity contribution in [3.63, 3.8) is 0 Å². The second-order valence-corrected chi connectivity index (χ2v) is 3.79. The Kier molecular flexibility index (Phi) is 3.62. The zero-order chi connectivity index (χ0) is 13.8. The predicted octanol–water partition coefficient (Wildman–Crippen LogP) is 2.75. The number of aromatic nitrogens is 1. The molecular formula is C14H11FN2O2. The quantitative estimate of drug-likeness (QED) is 0.680. The number of carbonyl (C=O) groups is 1. The van der Waals surface area contributed by atoms with Gasteiger partial charge in [0.05, 0.1) is 12.1 Å². The summed E-state index contributed by atoms with van der Waals surface area (Å²) in [7, 11) is 0. The number of hydrogen-bond acceptors (Lipinski definition) is 3. The number of carbonyl (C=O) groups excluding carboxylic acids is 1. The number of halogens is 1. The Morgan fingerprint density at radius 1 is 1.58 bits per heavy atom. The number of nitrogens with one attached hydrogen (secondary N) is 1. The van der Waals surface area contributed by atoms with E-state index in [0.29, 0.717) is 23.1 Å². The molecule has 0 bridgehead atoms. The van der Waals surface area contributed by atoms with Crippen molar-refractivity contribution in [1.82, 2.24) is 4.98 Å². The van der Waals surface area contributed by atoms with E-state index in [1.165, 1.54) is 12.1 Å². The van der Waals surface area contributed by atoms with E-state index in [4.69, 9.17) is 10.00 Å². The third kappa shape index (κ3) is 2.47. The normalized spacial score (nSPS) is 10.8. The number of ether oxygens (including phenoxy) is 1. The summed E-state index contributed by atoms with van der Waals surface area (Å²) >= 11 is 0. The summed E-state index contributed by atoms with van der Waals surface area (Å²) in [6.45, 7) is 2.03. The van der Waals surface area contributed by atoms with Gasteiger partial charge in [0.1, 0.15) is 17.4 Å². The van der Waals surface area contributed by atoms with Crippen LogP contribution in [0.2, 0.25) is 0 Å². The largest absolute Gasteiger partial charge is 0.463 e. The molecule has 0 amide bonds. The summed E-state index contributed by atoms with van der Waals surface area (Å²) in [5.74, 6) is -1.02. The first kappa shape index (κ1) is 12.8. The molecule has 19 heavy (non-hydrogen) atoms. The van der Waals surface area contributed by atoms with Gasteiger partial charge in [-0.1, -0.05) is 0 Å². The minimum atomic E-state index is -0.572. The van der Waals surface area contributed by atoms with Gasteiger partial charge in [0.15, 0.2) is 0 Å². The molecule has 0 spiro atoms. The first-order valence-corrected chi connectivity index (χ1v) is 5.72. The number of hydrogen-bond donors (Lipinski definition) is 1. The maximum Gasteiger partial charge on any atom is 0.330 e. The standard InChI is InChI=1S/C14H11FN2O2/c1-2-19-13(18)6-3-9-8-17-14-10(9)4-5-12(15)11(14)7-16/h3-6,8,17H,2H2,1H3/b6-3+. The number of H-pyrrole nitrogens is 1. The van der Waals surface area contributed by atoms with Gasteiger partial charge in [-0.15, -0.1) is 0 Å². The van der Waals surface area contributed by atoms with Gasteiger partial charge in [-0.25, -0.2) is 9.18 Å². The summed E-state index contributed by atoms with van der Waals surface area (Å²) in [6, 6.07) is 4.61. The minimum Gasteiger partial charge on any atom is -0.463 e. The number of rotatable bonds is 3. The van der Waals surface area contributed by atoms with Crippen molar-refractivity contribution in [2.75, 3.05) is 6.61 Å². The molecule has 0 radical (unpaired) electrons. The molecule has 5 heteroatoms. The van der Waals surface area contributed by atoms with Crippen LogP contribution in [0.15, 0.2) is 24.4 Å². The van der Waals surface area contributed by atoms with Crippen molar-refractivity contribution in [1.29, 1.82) is 5.26 Å². The molecule has 1 heterocycles. The molecule has 0 atom stereocenters. The molecule has 0 aliphatic heterocycles. The molecule has 0 saturated heterocycles. The third-order valence-corrected chi connectivity index (χ3v) is 2.63. The van der Waals surface area contributed by atoms with Gasteiger partial charge in [-0.05, 0) is 25.1 Å². The molecule has 0 aliphatic carbocycles. The Morgan fingerprint density at radius 3 is 3.05 bits per heavy atom. The van der Waals surface area contributed by atoms with E-state index >= 15 is 0 Å². The van der Waals surface area contributed by atoms with Crippen LogP contribution in [0.5, 0.6) is 0 Å². The van der Waals surface area contributed by atoms with Gasteiger partial charge in [-0.2, -0.15) is 5.26 Å². The first-order chi connectivity index (χ1) is 9.17. The van der Waals surface area contributed by atoms with Crippen LogP contribution in [0.4, 0.5) is 4.39 Å². The third-order valence-electron chi connectivity index (χ3n) is 2.63. The molecule has 1 aromatic carbocycles. The van der Waals surface area contributed by atoms with E-state index in [1.54, 1.807) is 25.3 Å². The smallest absolute Gasteiger partial charge is 0.330 e. The zero-order valence-corrected chi connectivity index (χ0v) is 10.2. The highest BCUT2D eigenvalue weighted by atomic mass is 19.1. The van der Waals surface area contributed by atoms with E-state index in [9.17, 15) is 9.18 Å². The molecule has 2 rings (SSSR count). The Bertz CT molecular complexity index is 695. The predicted molar refractivity (Wildman–Crippen MR) is 68.6 cm³/mol. The monoisotopic (exact) mass is 258 g/mol. The van der Waals surface area contributed by atoms with Gasteiger partial charge in [-0.3, -0.25) is 0 Å². The molecule has 1 aromatic heterocycles. The summed E-state index contributed by atoms with van der Waals surface area (Å²) in [6.07, 6.45) is 4.47. The number of aromatic amines is 1. The first-order valence-electron chi connectivity index (χ1n) is 5.72. The Morgan fingerprint density at radius 2 is 2.37 bits per heavy atom. The Hall–Kier alpha value is -2.61. The van der Waals surface area contributed by atoms with Crippen LogP contribution in [-0.4, -0.2) is 17.6 Å². The van der Waals surface area contributed by atoms with Crippen LogP contribution in [0.1, 0.15) is 18.1 Å². The fourth-order valence-electron chi connectivity index (χ4n) is 1.79. The lowest BCUT2D eigenvalue weighted by Crippen LogP contribution is -1.98. The molecule has 96 valence electrons. The van der Waals surface area contributed by atoms with Gasteiger partial charge < -0.3 is 9.72 Å². The summed E-state index contributed by atoms with van der Waals surface area (Å²) in [5.41, 5.74) is 1.08. The highest BCUT2D eigenvalue weighted by molar-refractivity contribution is 5.96. The summed E-state index contributed by atoms with van der Waals surface area (Å²) < 4.78 is 18.2. The molecule has 2 aromatic rings. The molecule has 0 aliphatic rings. The second-order valence-electron chi connectivity index (χ2n) is 3.79. The lowest BCUT2D eigenvalue weighted by molar-refractivity contribution is -0.137. The van der Waals surface area contributed by atoms with Crippen LogP contribution in [0.25, 0.3) is 17.0 Å². The van der Waals surface area contributed by atoms with Gasteiger partial charge in [0, 0.05) is 23.2 Å². The number of fused-ring (bicyclic) bond motifs is 1. The van der Waals surface area contributed by atoms with E-state index in [2.05, 4.69) is 4.98 Å². The molecule has 0 saturated carbocycles. The molecule has 4 nitrogen and oxygen atoms in total. The van der Waals surface area contributed by atoms with Crippen molar-refractivity contribution in [2.45, 2.75) is 6.92 Å². The van der Waals surface area contributed by atoms with E-state index in [1.807, 2.05) is 6.07 Å². The van der Waals surface area contributed by atoms with Crippen LogP contribution in [0, 0.1) is 17.1 Å². The SMILES string of the molecule is CCOC(=O)/C=C/c1c[nH]c2c(C#N)c(F)ccc12. The Balaban J connectivity index is 2.42. The van der Waals surface area contributed by atoms with Crippen molar-refractivity contribution >= 4 is 22.9 Å². The maximum absolute atomic E-state index is 13.4. The molecular weight excluding hydrogens is 247 g/mol. The lowest BCUT2D eigenvalue weighted by atomic mass is 10.1. The van der Waals surface area contributed by atoms with Crippen LogP contribution in [-0.2, 0) is 9.53 Å². The number of esters is 1. The number of nitriles is 1. The molecule has 0 unspecified atom stereocenters. The fraction of sp³-hybridized carbons (Fsp3) is 0.143. The van der Waals surface area contributed by atoms with Crippen molar-refractivity contribution in [3.05, 3.63) is 41.3 Å². The summed E-state index contributed by atoms with van der Waals surface area (Å²) in [5, 5.41) is 9.59. The van der Waals surface area contributed by atoms with E-state index in [0.717, 1.165) is 0 Å². The van der Waals surface area contributed by atoms with Gasteiger partial charge in [0.25, 0.3) is 0 Å². The average molecular weight is 258 g/mol. The van der Waals surface area contributed by atoms with E-state index < -0.39 is 11.8 Å². The highest BCUT2D eigenvalue weighted by Gasteiger charge is 2.10. The molecule has 0 fully saturated rings. The summed E-state index contributed by atoms with van der Waals surface area (Å²) in [4.78, 5) is 14.1. The van der Waals surface area contributed by atoms with Crippen molar-refractivity contribution < 1.29 is 13.9 Å². The topological polar surface area (TPSA) is 65.9 Å². The fourth-order valence-corrected chi connectivity index (χ4v) is 1.79. The van der Waals surface area contributed by atoms with Crippen molar-refractivity contribution in [2.24, 2.45) is 0 Å². The minimum absolute atomic E-state index is 0.0340. The van der Waals surface area contributed by atoms with Crippen LogP contribution >= 0.6 is 0 Å². The van der Waals surface area contributed by atoms with Gasteiger partial charge >= 0.3 is 5.97 Å². The maximum atomic E-state index is 13.4. The average Bonchev–Trinajstić information content (AvgIpc) is 2.80. The molecule has 1 N–H and O–H groups in total. The van der Waals surface area contributed by atoms with Crippen LogP contribution < -0.4 is 0 Å². The zero-order valence-electron chi connectivity index (χ0n) is 10.2. The van der Waals surface area contributed by atoms with Gasteiger partial charge in [0.2, 0.25) is 0 Å². The van der Waals surface area contributed by atoms with E-state index in [-0.39, 0.29) is 5.56 Å². The highest BCUT2D eigenvalue weighted by Crippen LogP contribution is 2.24. The number of benzene rings is 1. The second kappa shape index (κ2) is 5.36. The van der Waals surface area contributed by atoms with Crippen LogP contribution in [0.3, 0.4) is 0 Å². The lowest BCUT2D eigenvalue weighted by Gasteiger charge is -1.97. The van der Waals surface area contributed by atoms with Crippen molar-refractivity contribution in [3.8, 4) is 6.07 Å². The Labute approximate surface area is 109 Å². The number of nitrogens with zero attached hydrogens (tertiary/aromatic N) is 1.